The maximum atomic E-state index is 12.5. The number of rotatable bonds is 1. The van der Waals surface area contributed by atoms with Crippen LogP contribution >= 0.6 is 0 Å². The molecule has 1 saturated heterocycles. The van der Waals surface area contributed by atoms with Gasteiger partial charge < -0.3 is 19.6 Å². The molecule has 0 radical (unpaired) electrons. The molecule has 2 N–H and O–H groups in total. The van der Waals surface area contributed by atoms with E-state index in [-0.39, 0.29) is 24.0 Å². The number of hydrogen-bond donors (Lipinski definition) is 2. The van der Waals surface area contributed by atoms with Gasteiger partial charge in [0.1, 0.15) is 0 Å². The fourth-order valence-corrected chi connectivity index (χ4v) is 5.74. The Hall–Kier alpha value is -2.31. The number of nitrogens with zero attached hydrogens (tertiary/aromatic N) is 1. The highest BCUT2D eigenvalue weighted by Crippen LogP contribution is 2.53. The molecular formula is C22H26N2O4. The molecule has 148 valence electrons. The molecule has 0 spiro atoms. The first-order chi connectivity index (χ1) is 13.4. The van der Waals surface area contributed by atoms with Gasteiger partial charge in [-0.25, -0.2) is 4.79 Å². The number of piperidine rings is 1. The van der Waals surface area contributed by atoms with Crippen molar-refractivity contribution >= 4 is 16.9 Å². The largest absolute Gasteiger partial charge is 0.497 e. The number of benzene rings is 1. The van der Waals surface area contributed by atoms with Crippen molar-refractivity contribution in [2.45, 2.75) is 38.0 Å². The van der Waals surface area contributed by atoms with Gasteiger partial charge >= 0.3 is 5.97 Å². The van der Waals surface area contributed by atoms with E-state index in [1.165, 1.54) is 24.3 Å². The van der Waals surface area contributed by atoms with E-state index in [1.54, 1.807) is 0 Å². The molecule has 0 aliphatic carbocycles. The summed E-state index contributed by atoms with van der Waals surface area (Å²) < 4.78 is 10.8. The van der Waals surface area contributed by atoms with Crippen LogP contribution in [0.25, 0.3) is 10.9 Å². The van der Waals surface area contributed by atoms with Gasteiger partial charge in [-0.1, -0.05) is 18.2 Å². The SMILES string of the molecule is COC(=O)C1=CO[C@H](C)[C@@H]2CN3CCc4c([nH]c5ccccc45)[C@H]3[C@](C)(O)[C@H]12. The van der Waals surface area contributed by atoms with Gasteiger partial charge in [0.2, 0.25) is 0 Å². The number of fused-ring (bicyclic) bond motifs is 6. The van der Waals surface area contributed by atoms with E-state index in [0.717, 1.165) is 30.7 Å². The van der Waals surface area contributed by atoms with Crippen LogP contribution in [0.3, 0.4) is 0 Å². The summed E-state index contributed by atoms with van der Waals surface area (Å²) in [4.78, 5) is 18.4. The topological polar surface area (TPSA) is 74.8 Å². The molecule has 3 aliphatic heterocycles. The molecule has 1 fully saturated rings. The van der Waals surface area contributed by atoms with Crippen molar-refractivity contribution in [2.75, 3.05) is 20.2 Å². The Bertz CT molecular complexity index is 976. The number of hydrogen-bond acceptors (Lipinski definition) is 5. The van der Waals surface area contributed by atoms with Crippen LogP contribution in [0.1, 0.15) is 31.1 Å². The number of esters is 1. The van der Waals surface area contributed by atoms with E-state index in [4.69, 9.17) is 9.47 Å². The minimum absolute atomic E-state index is 0.0243. The summed E-state index contributed by atoms with van der Waals surface area (Å²) in [7, 11) is 1.37. The summed E-state index contributed by atoms with van der Waals surface area (Å²) in [6.45, 7) is 5.52. The van der Waals surface area contributed by atoms with E-state index in [1.807, 2.05) is 19.9 Å². The highest BCUT2D eigenvalue weighted by molar-refractivity contribution is 5.89. The Labute approximate surface area is 164 Å². The molecule has 3 aliphatic rings. The Balaban J connectivity index is 1.66. The van der Waals surface area contributed by atoms with Gasteiger partial charge in [0.25, 0.3) is 0 Å². The number of aromatic amines is 1. The average Bonchev–Trinajstić information content (AvgIpc) is 3.06. The molecule has 0 saturated carbocycles. The van der Waals surface area contributed by atoms with Crippen LogP contribution in [0.15, 0.2) is 36.1 Å². The average molecular weight is 382 g/mol. The maximum absolute atomic E-state index is 12.5. The number of para-hydroxylation sites is 1. The number of aliphatic hydroxyl groups is 1. The normalized spacial score (nSPS) is 34.6. The van der Waals surface area contributed by atoms with Crippen molar-refractivity contribution in [1.82, 2.24) is 9.88 Å². The number of carbonyl (C=O) groups is 1. The molecule has 6 heteroatoms. The van der Waals surface area contributed by atoms with Crippen LogP contribution in [-0.4, -0.2) is 52.9 Å². The first-order valence-electron chi connectivity index (χ1n) is 9.93. The fraction of sp³-hybridized carbons (Fsp3) is 0.500. The third kappa shape index (κ3) is 2.31. The summed E-state index contributed by atoms with van der Waals surface area (Å²) in [6.07, 6.45) is 2.37. The van der Waals surface area contributed by atoms with Gasteiger partial charge in [0.15, 0.2) is 0 Å². The third-order valence-corrected chi connectivity index (χ3v) is 6.96. The molecule has 0 amide bonds. The summed E-state index contributed by atoms with van der Waals surface area (Å²) >= 11 is 0. The van der Waals surface area contributed by atoms with E-state index in [9.17, 15) is 9.90 Å². The van der Waals surface area contributed by atoms with E-state index >= 15 is 0 Å². The van der Waals surface area contributed by atoms with Crippen LogP contribution in [0, 0.1) is 11.8 Å². The van der Waals surface area contributed by atoms with Crippen LogP contribution < -0.4 is 0 Å². The number of ether oxygens (including phenoxy) is 2. The van der Waals surface area contributed by atoms with Crippen LogP contribution in [0.5, 0.6) is 0 Å². The zero-order valence-electron chi connectivity index (χ0n) is 16.4. The Morgan fingerprint density at radius 1 is 1.39 bits per heavy atom. The molecule has 5 atom stereocenters. The monoisotopic (exact) mass is 382 g/mol. The number of carbonyl (C=O) groups excluding carboxylic acids is 1. The molecular weight excluding hydrogens is 356 g/mol. The summed E-state index contributed by atoms with van der Waals surface area (Å²) in [5.41, 5.74) is 2.73. The van der Waals surface area contributed by atoms with E-state index in [0.29, 0.717) is 5.57 Å². The predicted molar refractivity (Wildman–Crippen MR) is 105 cm³/mol. The Morgan fingerprint density at radius 2 is 2.18 bits per heavy atom. The smallest absolute Gasteiger partial charge is 0.337 e. The molecule has 5 rings (SSSR count). The van der Waals surface area contributed by atoms with Gasteiger partial charge in [-0.3, -0.25) is 4.90 Å². The quantitative estimate of drug-likeness (QED) is 0.742. The second-order valence-corrected chi connectivity index (χ2v) is 8.48. The molecule has 28 heavy (non-hydrogen) atoms. The number of aromatic nitrogens is 1. The minimum Gasteiger partial charge on any atom is -0.497 e. The maximum Gasteiger partial charge on any atom is 0.337 e. The van der Waals surface area contributed by atoms with Crippen molar-refractivity contribution < 1.29 is 19.4 Å². The second kappa shape index (κ2) is 6.09. The van der Waals surface area contributed by atoms with Crippen LogP contribution in [0.2, 0.25) is 0 Å². The number of H-pyrrole nitrogens is 1. The zero-order valence-corrected chi connectivity index (χ0v) is 16.4. The third-order valence-electron chi connectivity index (χ3n) is 6.96. The molecule has 0 bridgehead atoms. The molecule has 1 aromatic carbocycles. The number of nitrogens with one attached hydrogen (secondary N) is 1. The lowest BCUT2D eigenvalue weighted by molar-refractivity contribution is -0.165. The van der Waals surface area contributed by atoms with Crippen molar-refractivity contribution in [3.63, 3.8) is 0 Å². The molecule has 4 heterocycles. The first kappa shape index (κ1) is 17.8. The Kier molecular flexibility index (Phi) is 3.87. The van der Waals surface area contributed by atoms with E-state index < -0.39 is 11.6 Å². The fourth-order valence-electron chi connectivity index (χ4n) is 5.74. The lowest BCUT2D eigenvalue weighted by Gasteiger charge is -2.56. The summed E-state index contributed by atoms with van der Waals surface area (Å²) in [6, 6.07) is 8.08. The standard InChI is InChI=1S/C22H26N2O4/c1-12-15-10-24-9-8-14-13-6-4-5-7-17(13)23-19(14)20(24)22(2,26)18(15)16(11-28-12)21(25)27-3/h4-7,11-12,15,18,20,23,26H,8-10H2,1-3H3/t12-,15+,18+,20+,22-/m1/s1. The van der Waals surface area contributed by atoms with Gasteiger partial charge in [0.05, 0.1) is 36.7 Å². The van der Waals surface area contributed by atoms with Crippen molar-refractivity contribution in [3.8, 4) is 0 Å². The number of methoxy groups -OCH3 is 1. The highest BCUT2D eigenvalue weighted by Gasteiger charge is 2.58. The van der Waals surface area contributed by atoms with Gasteiger partial charge in [-0.05, 0) is 31.9 Å². The van der Waals surface area contributed by atoms with Gasteiger partial charge in [-0.2, -0.15) is 0 Å². The van der Waals surface area contributed by atoms with Crippen LogP contribution in [0.4, 0.5) is 0 Å². The Morgan fingerprint density at radius 3 is 2.96 bits per heavy atom. The zero-order chi connectivity index (χ0) is 19.6. The first-order valence-corrected chi connectivity index (χ1v) is 9.93. The van der Waals surface area contributed by atoms with Crippen molar-refractivity contribution in [3.05, 3.63) is 47.4 Å². The minimum atomic E-state index is -1.14. The lowest BCUT2D eigenvalue weighted by Crippen LogP contribution is -2.63. The predicted octanol–water partition coefficient (Wildman–Crippen LogP) is 2.54. The lowest BCUT2D eigenvalue weighted by atomic mass is 9.63. The van der Waals surface area contributed by atoms with Crippen molar-refractivity contribution in [1.29, 1.82) is 0 Å². The summed E-state index contributed by atoms with van der Waals surface area (Å²) in [5, 5.41) is 13.1. The molecule has 6 nitrogen and oxygen atoms in total. The molecule has 1 aromatic heterocycles. The molecule has 2 aromatic rings. The highest BCUT2D eigenvalue weighted by atomic mass is 16.5. The van der Waals surface area contributed by atoms with Gasteiger partial charge in [0, 0.05) is 41.5 Å². The van der Waals surface area contributed by atoms with Gasteiger partial charge in [-0.15, -0.1) is 0 Å². The van der Waals surface area contributed by atoms with Crippen LogP contribution in [-0.2, 0) is 20.7 Å². The second-order valence-electron chi connectivity index (χ2n) is 8.48. The van der Waals surface area contributed by atoms with E-state index in [2.05, 4.69) is 28.1 Å². The molecule has 0 unspecified atom stereocenters. The van der Waals surface area contributed by atoms with Crippen molar-refractivity contribution in [2.24, 2.45) is 11.8 Å². The summed E-state index contributed by atoms with van der Waals surface area (Å²) in [5.74, 6) is -0.748.